The normalized spacial score (nSPS) is 26.3. The van der Waals surface area contributed by atoms with Gasteiger partial charge in [0.2, 0.25) is 0 Å². The lowest BCUT2D eigenvalue weighted by Crippen LogP contribution is -2.41. The van der Waals surface area contributed by atoms with E-state index < -0.39 is 0 Å². The molecule has 4 nitrogen and oxygen atoms in total. The number of rotatable bonds is 3. The van der Waals surface area contributed by atoms with Gasteiger partial charge in [0.15, 0.2) is 0 Å². The van der Waals surface area contributed by atoms with Crippen molar-refractivity contribution in [1.82, 2.24) is 4.90 Å². The summed E-state index contributed by atoms with van der Waals surface area (Å²) in [5.41, 5.74) is 5.61. The largest absolute Gasteiger partial charge is 0.387 e. The second-order valence-electron chi connectivity index (χ2n) is 3.44. The lowest BCUT2D eigenvalue weighted by Gasteiger charge is -2.29. The van der Waals surface area contributed by atoms with Crippen LogP contribution in [-0.2, 0) is 4.74 Å². The van der Waals surface area contributed by atoms with Gasteiger partial charge in [0.05, 0.1) is 25.1 Å². The molecule has 1 aliphatic heterocycles. The van der Waals surface area contributed by atoms with Gasteiger partial charge >= 0.3 is 0 Å². The molecule has 1 saturated heterocycles. The summed E-state index contributed by atoms with van der Waals surface area (Å²) in [6, 6.07) is 0. The van der Waals surface area contributed by atoms with E-state index in [1.807, 2.05) is 6.92 Å². The Balaban J connectivity index is 2.28. The molecule has 0 aliphatic carbocycles. The lowest BCUT2D eigenvalue weighted by atomic mass is 10.3. The van der Waals surface area contributed by atoms with E-state index in [4.69, 9.17) is 10.5 Å². The van der Waals surface area contributed by atoms with Crippen molar-refractivity contribution in [2.45, 2.75) is 19.4 Å². The van der Waals surface area contributed by atoms with Gasteiger partial charge in [-0.3, -0.25) is 4.99 Å². The average molecular weight is 185 g/mol. The Kier molecular flexibility index (Phi) is 4.18. The number of aliphatic imine (C=N–C) groups is 1. The van der Waals surface area contributed by atoms with Crippen LogP contribution in [0.25, 0.3) is 0 Å². The fourth-order valence-corrected chi connectivity index (χ4v) is 1.31. The zero-order valence-electron chi connectivity index (χ0n) is 8.49. The first-order valence-electron chi connectivity index (χ1n) is 4.81. The summed E-state index contributed by atoms with van der Waals surface area (Å²) in [5.74, 6) is 0.719. The first-order valence-corrected chi connectivity index (χ1v) is 4.81. The van der Waals surface area contributed by atoms with E-state index in [9.17, 15) is 0 Å². The fourth-order valence-electron chi connectivity index (χ4n) is 1.31. The number of nitrogens with two attached hydrogens (primary N) is 1. The van der Waals surface area contributed by atoms with E-state index in [1.165, 1.54) is 0 Å². The molecule has 0 amide bonds. The average Bonchev–Trinajstić information content (AvgIpc) is 2.14. The van der Waals surface area contributed by atoms with Gasteiger partial charge in [-0.25, -0.2) is 0 Å². The molecule has 0 spiro atoms. The van der Waals surface area contributed by atoms with Crippen molar-refractivity contribution in [3.8, 4) is 0 Å². The summed E-state index contributed by atoms with van der Waals surface area (Å²) in [5, 5.41) is 0. The predicted molar refractivity (Wildman–Crippen MR) is 54.0 cm³/mol. The molecule has 76 valence electrons. The Labute approximate surface area is 79.8 Å². The Bertz CT molecular complexity index is 182. The monoisotopic (exact) mass is 185 g/mol. The Morgan fingerprint density at radius 2 is 2.46 bits per heavy atom. The third-order valence-corrected chi connectivity index (χ3v) is 2.20. The second-order valence-corrected chi connectivity index (χ2v) is 3.44. The number of likely N-dealkylation sites (N-methyl/N-ethyl adjacent to an activating group) is 1. The van der Waals surface area contributed by atoms with Gasteiger partial charge in [-0.15, -0.1) is 0 Å². The summed E-state index contributed by atoms with van der Waals surface area (Å²) >= 11 is 0. The standard InChI is InChI=1S/C9H19N3O/c1-3-9(10)11-6-8-7-12(2)4-5-13-8/h8H,3-7H2,1-2H3,(H2,10,11). The molecule has 1 fully saturated rings. The van der Waals surface area contributed by atoms with Gasteiger partial charge in [0.25, 0.3) is 0 Å². The molecule has 0 radical (unpaired) electrons. The number of hydrogen-bond donors (Lipinski definition) is 1. The molecule has 1 unspecified atom stereocenters. The fraction of sp³-hybridized carbons (Fsp3) is 0.889. The molecule has 13 heavy (non-hydrogen) atoms. The van der Waals surface area contributed by atoms with Gasteiger partial charge in [-0.05, 0) is 7.05 Å². The summed E-state index contributed by atoms with van der Waals surface area (Å²) in [6.45, 7) is 5.49. The third kappa shape index (κ3) is 3.74. The highest BCUT2D eigenvalue weighted by molar-refractivity contribution is 5.79. The predicted octanol–water partition coefficient (Wildman–Crippen LogP) is 0.0842. The zero-order valence-corrected chi connectivity index (χ0v) is 8.49. The molecule has 0 aromatic rings. The molecule has 2 N–H and O–H groups in total. The van der Waals surface area contributed by atoms with Crippen LogP contribution in [-0.4, -0.2) is 50.1 Å². The number of hydrogen-bond acceptors (Lipinski definition) is 3. The van der Waals surface area contributed by atoms with Crippen LogP contribution in [0.4, 0.5) is 0 Å². The van der Waals surface area contributed by atoms with Crippen molar-refractivity contribution in [3.05, 3.63) is 0 Å². The van der Waals surface area contributed by atoms with Crippen LogP contribution in [0.5, 0.6) is 0 Å². The topological polar surface area (TPSA) is 50.8 Å². The molecule has 0 aromatic carbocycles. The Hall–Kier alpha value is -0.610. The van der Waals surface area contributed by atoms with E-state index in [0.717, 1.165) is 32.0 Å². The second kappa shape index (κ2) is 5.19. The molecule has 1 heterocycles. The van der Waals surface area contributed by atoms with Gasteiger partial charge in [-0.1, -0.05) is 6.92 Å². The van der Waals surface area contributed by atoms with Gasteiger partial charge in [-0.2, -0.15) is 0 Å². The van der Waals surface area contributed by atoms with Crippen molar-refractivity contribution in [2.75, 3.05) is 33.3 Å². The Morgan fingerprint density at radius 1 is 1.69 bits per heavy atom. The van der Waals surface area contributed by atoms with E-state index in [2.05, 4.69) is 16.9 Å². The van der Waals surface area contributed by atoms with Crippen LogP contribution in [0, 0.1) is 0 Å². The van der Waals surface area contributed by atoms with Gasteiger partial charge in [0.1, 0.15) is 0 Å². The van der Waals surface area contributed by atoms with Crippen molar-refractivity contribution in [2.24, 2.45) is 10.7 Å². The minimum Gasteiger partial charge on any atom is -0.387 e. The van der Waals surface area contributed by atoms with Crippen LogP contribution < -0.4 is 5.73 Å². The molecular formula is C9H19N3O. The van der Waals surface area contributed by atoms with Crippen molar-refractivity contribution < 1.29 is 4.74 Å². The van der Waals surface area contributed by atoms with E-state index >= 15 is 0 Å². The van der Waals surface area contributed by atoms with Crippen LogP contribution in [0.3, 0.4) is 0 Å². The molecule has 0 bridgehead atoms. The highest BCUT2D eigenvalue weighted by Crippen LogP contribution is 2.03. The van der Waals surface area contributed by atoms with E-state index in [0.29, 0.717) is 6.54 Å². The maximum Gasteiger partial charge on any atom is 0.0935 e. The number of morpholine rings is 1. The van der Waals surface area contributed by atoms with E-state index in [-0.39, 0.29) is 6.10 Å². The van der Waals surface area contributed by atoms with Crippen LogP contribution in [0.2, 0.25) is 0 Å². The highest BCUT2D eigenvalue weighted by atomic mass is 16.5. The molecule has 1 atom stereocenters. The van der Waals surface area contributed by atoms with Crippen LogP contribution in [0.1, 0.15) is 13.3 Å². The summed E-state index contributed by atoms with van der Waals surface area (Å²) in [7, 11) is 2.10. The summed E-state index contributed by atoms with van der Waals surface area (Å²) in [4.78, 5) is 6.50. The number of ether oxygens (including phenoxy) is 1. The van der Waals surface area contributed by atoms with Crippen molar-refractivity contribution in [3.63, 3.8) is 0 Å². The van der Waals surface area contributed by atoms with Crippen LogP contribution in [0.15, 0.2) is 4.99 Å². The maximum absolute atomic E-state index is 5.61. The summed E-state index contributed by atoms with van der Waals surface area (Å²) in [6.07, 6.45) is 1.05. The number of nitrogens with zero attached hydrogens (tertiary/aromatic N) is 2. The van der Waals surface area contributed by atoms with Crippen LogP contribution >= 0.6 is 0 Å². The molecule has 1 rings (SSSR count). The first-order chi connectivity index (χ1) is 6.22. The first kappa shape index (κ1) is 10.5. The molecule has 1 aliphatic rings. The lowest BCUT2D eigenvalue weighted by molar-refractivity contribution is -0.0136. The molecule has 4 heteroatoms. The summed E-state index contributed by atoms with van der Waals surface area (Å²) < 4.78 is 5.54. The van der Waals surface area contributed by atoms with Gasteiger partial charge < -0.3 is 15.4 Å². The van der Waals surface area contributed by atoms with Crippen molar-refractivity contribution >= 4 is 5.84 Å². The van der Waals surface area contributed by atoms with Crippen molar-refractivity contribution in [1.29, 1.82) is 0 Å². The maximum atomic E-state index is 5.61. The third-order valence-electron chi connectivity index (χ3n) is 2.20. The van der Waals surface area contributed by atoms with Gasteiger partial charge in [0, 0.05) is 19.5 Å². The molecular weight excluding hydrogens is 166 g/mol. The number of amidine groups is 1. The zero-order chi connectivity index (χ0) is 9.68. The quantitative estimate of drug-likeness (QED) is 0.500. The minimum atomic E-state index is 0.226. The smallest absolute Gasteiger partial charge is 0.0935 e. The highest BCUT2D eigenvalue weighted by Gasteiger charge is 2.16. The SMILES string of the molecule is CCC(N)=NCC1CN(C)CCO1. The molecule has 0 saturated carbocycles. The Morgan fingerprint density at radius 3 is 3.08 bits per heavy atom. The minimum absolute atomic E-state index is 0.226. The molecule has 0 aromatic heterocycles. The van der Waals surface area contributed by atoms with E-state index in [1.54, 1.807) is 0 Å².